The Labute approximate surface area is 146 Å². The van der Waals surface area contributed by atoms with Crippen LogP contribution in [0.1, 0.15) is 52.8 Å². The Bertz CT molecular complexity index is 983. The van der Waals surface area contributed by atoms with Crippen molar-refractivity contribution in [3.63, 3.8) is 0 Å². The molecule has 2 aliphatic carbocycles. The van der Waals surface area contributed by atoms with Gasteiger partial charge in [-0.15, -0.1) is 0 Å². The summed E-state index contributed by atoms with van der Waals surface area (Å²) in [6, 6.07) is 15.4. The number of benzene rings is 2. The van der Waals surface area contributed by atoms with Gasteiger partial charge in [0.2, 0.25) is 0 Å². The molecule has 0 aliphatic heterocycles. The molecule has 25 heavy (non-hydrogen) atoms. The quantitative estimate of drug-likeness (QED) is 0.705. The largest absolute Gasteiger partial charge is 0.311 e. The lowest BCUT2D eigenvalue weighted by Crippen LogP contribution is -2.26. The van der Waals surface area contributed by atoms with Gasteiger partial charge < -0.3 is 4.90 Å². The maximum atomic E-state index is 12.8. The molecule has 0 radical (unpaired) electrons. The van der Waals surface area contributed by atoms with Crippen LogP contribution in [0.15, 0.2) is 48.5 Å². The van der Waals surface area contributed by atoms with Gasteiger partial charge in [-0.1, -0.05) is 18.2 Å². The third-order valence-corrected chi connectivity index (χ3v) is 5.62. The maximum absolute atomic E-state index is 12.8. The average Bonchev–Trinajstić information content (AvgIpc) is 3.28. The molecule has 4 heteroatoms. The van der Waals surface area contributed by atoms with E-state index in [0.717, 1.165) is 16.7 Å². The minimum Gasteiger partial charge on any atom is -0.311 e. The van der Waals surface area contributed by atoms with E-state index in [2.05, 4.69) is 0 Å². The van der Waals surface area contributed by atoms with Crippen LogP contribution in [-0.2, 0) is 0 Å². The zero-order chi connectivity index (χ0) is 17.0. The van der Waals surface area contributed by atoms with Crippen LogP contribution < -0.4 is 4.90 Å². The monoisotopic (exact) mass is 329 g/mol. The fourth-order valence-corrected chi connectivity index (χ4v) is 4.26. The molecule has 1 heterocycles. The summed E-state index contributed by atoms with van der Waals surface area (Å²) >= 11 is 0. The van der Waals surface area contributed by atoms with Gasteiger partial charge in [0.05, 0.1) is 22.4 Å². The van der Waals surface area contributed by atoms with E-state index >= 15 is 0 Å². The van der Waals surface area contributed by atoms with Crippen LogP contribution in [0.2, 0.25) is 0 Å². The van der Waals surface area contributed by atoms with Crippen LogP contribution in [0.3, 0.4) is 0 Å². The van der Waals surface area contributed by atoms with Gasteiger partial charge in [-0.25, -0.2) is 9.97 Å². The van der Waals surface area contributed by atoms with Gasteiger partial charge >= 0.3 is 0 Å². The second kappa shape index (κ2) is 5.38. The van der Waals surface area contributed by atoms with Gasteiger partial charge in [0.25, 0.3) is 5.91 Å². The normalized spacial score (nSPS) is 20.7. The van der Waals surface area contributed by atoms with Crippen molar-refractivity contribution in [1.29, 1.82) is 0 Å². The number of rotatable bonds is 2. The summed E-state index contributed by atoms with van der Waals surface area (Å²) in [5.41, 5.74) is 5.62. The van der Waals surface area contributed by atoms with Gasteiger partial charge in [-0.3, -0.25) is 4.79 Å². The molecular formula is C21H19N3O. The molecular weight excluding hydrogens is 310 g/mol. The van der Waals surface area contributed by atoms with Crippen LogP contribution >= 0.6 is 0 Å². The minimum atomic E-state index is -0.0306. The van der Waals surface area contributed by atoms with E-state index in [-0.39, 0.29) is 5.91 Å². The van der Waals surface area contributed by atoms with Gasteiger partial charge in [-0.2, -0.15) is 0 Å². The predicted molar refractivity (Wildman–Crippen MR) is 98.0 cm³/mol. The molecule has 0 saturated heterocycles. The first-order valence-corrected chi connectivity index (χ1v) is 8.85. The number of hydrogen-bond donors (Lipinski definition) is 0. The standard InChI is InChI=1S/C21H19N3O/c1-24(16-5-3-2-4-6-16)21(25)15-9-10-17-18(12-15)23-20-14-8-7-13(11-14)19(20)22-17/h2-6,9-10,12-14H,7-8,11H2,1H3. The molecule has 1 saturated carbocycles. The highest BCUT2D eigenvalue weighted by Gasteiger charge is 2.39. The number of nitrogens with zero attached hydrogens (tertiary/aromatic N) is 3. The summed E-state index contributed by atoms with van der Waals surface area (Å²) in [5, 5.41) is 0. The van der Waals surface area contributed by atoms with E-state index in [9.17, 15) is 4.79 Å². The average molecular weight is 329 g/mol. The summed E-state index contributed by atoms with van der Waals surface area (Å²) in [7, 11) is 1.80. The molecule has 4 nitrogen and oxygen atoms in total. The van der Waals surface area contributed by atoms with Crippen LogP contribution in [0.25, 0.3) is 11.0 Å². The molecule has 2 aromatic carbocycles. The molecule has 3 aromatic rings. The summed E-state index contributed by atoms with van der Waals surface area (Å²) < 4.78 is 0. The van der Waals surface area contributed by atoms with Crippen LogP contribution in [-0.4, -0.2) is 22.9 Å². The number of hydrogen-bond acceptors (Lipinski definition) is 3. The maximum Gasteiger partial charge on any atom is 0.258 e. The molecule has 2 unspecified atom stereocenters. The van der Waals surface area contributed by atoms with Crippen LogP contribution in [0.5, 0.6) is 0 Å². The number of aromatic nitrogens is 2. The van der Waals surface area contributed by atoms with Crippen LogP contribution in [0.4, 0.5) is 5.69 Å². The Balaban J connectivity index is 1.53. The molecule has 124 valence electrons. The summed E-state index contributed by atoms with van der Waals surface area (Å²) in [4.78, 5) is 24.2. The predicted octanol–water partition coefficient (Wildman–Crippen LogP) is 4.27. The van der Waals surface area contributed by atoms with Gasteiger partial charge in [0, 0.05) is 30.1 Å². The molecule has 1 fully saturated rings. The van der Waals surface area contributed by atoms with E-state index in [1.54, 1.807) is 11.9 Å². The van der Waals surface area contributed by atoms with Crippen molar-refractivity contribution in [2.75, 3.05) is 11.9 Å². The molecule has 0 spiro atoms. The first-order chi connectivity index (χ1) is 12.2. The molecule has 5 rings (SSSR count). The SMILES string of the molecule is CN(C(=O)c1ccc2nc3c(nc2c1)C1CCC3C1)c1ccccc1. The lowest BCUT2D eigenvalue weighted by molar-refractivity contribution is 0.0993. The van der Waals surface area contributed by atoms with E-state index in [0.29, 0.717) is 17.4 Å². The fraction of sp³-hybridized carbons (Fsp3) is 0.286. The Kier molecular flexibility index (Phi) is 3.14. The zero-order valence-corrected chi connectivity index (χ0v) is 14.1. The van der Waals surface area contributed by atoms with Crippen molar-refractivity contribution in [3.05, 3.63) is 65.5 Å². The highest BCUT2D eigenvalue weighted by atomic mass is 16.2. The fourth-order valence-electron chi connectivity index (χ4n) is 4.26. The first-order valence-electron chi connectivity index (χ1n) is 8.85. The number of para-hydroxylation sites is 1. The van der Waals surface area contributed by atoms with Crippen LogP contribution in [0, 0.1) is 0 Å². The van der Waals surface area contributed by atoms with E-state index in [1.165, 1.54) is 30.7 Å². The molecule has 0 N–H and O–H groups in total. The van der Waals surface area contributed by atoms with Crippen molar-refractivity contribution in [1.82, 2.24) is 9.97 Å². The number of amides is 1. The Morgan fingerprint density at radius 1 is 0.960 bits per heavy atom. The van der Waals surface area contributed by atoms with Gasteiger partial charge in [0.15, 0.2) is 0 Å². The highest BCUT2D eigenvalue weighted by Crippen LogP contribution is 2.51. The van der Waals surface area contributed by atoms with E-state index in [1.807, 2.05) is 48.5 Å². The second-order valence-corrected chi connectivity index (χ2v) is 7.10. The zero-order valence-electron chi connectivity index (χ0n) is 14.1. The first kappa shape index (κ1) is 14.6. The highest BCUT2D eigenvalue weighted by molar-refractivity contribution is 6.07. The van der Waals surface area contributed by atoms with E-state index < -0.39 is 0 Å². The lowest BCUT2D eigenvalue weighted by atomic mass is 10.00. The molecule has 2 bridgehead atoms. The Morgan fingerprint density at radius 3 is 2.36 bits per heavy atom. The minimum absolute atomic E-state index is 0.0306. The lowest BCUT2D eigenvalue weighted by Gasteiger charge is -2.18. The van der Waals surface area contributed by atoms with Crippen molar-refractivity contribution in [2.45, 2.75) is 31.1 Å². The van der Waals surface area contributed by atoms with Crippen molar-refractivity contribution < 1.29 is 4.79 Å². The second-order valence-electron chi connectivity index (χ2n) is 7.10. The van der Waals surface area contributed by atoms with Crippen molar-refractivity contribution >= 4 is 22.6 Å². The van der Waals surface area contributed by atoms with Gasteiger partial charge in [0.1, 0.15) is 0 Å². The molecule has 2 atom stereocenters. The van der Waals surface area contributed by atoms with Crippen molar-refractivity contribution in [3.8, 4) is 0 Å². The van der Waals surface area contributed by atoms with Gasteiger partial charge in [-0.05, 0) is 49.6 Å². The third-order valence-electron chi connectivity index (χ3n) is 5.62. The molecule has 1 aromatic heterocycles. The summed E-state index contributed by atoms with van der Waals surface area (Å²) in [5.74, 6) is 1.14. The Hall–Kier alpha value is -2.75. The summed E-state index contributed by atoms with van der Waals surface area (Å²) in [6.45, 7) is 0. The number of carbonyl (C=O) groups excluding carboxylic acids is 1. The number of fused-ring (bicyclic) bond motifs is 6. The number of carbonyl (C=O) groups is 1. The van der Waals surface area contributed by atoms with Crippen molar-refractivity contribution in [2.24, 2.45) is 0 Å². The third kappa shape index (κ3) is 2.24. The molecule has 2 aliphatic rings. The number of anilines is 1. The topological polar surface area (TPSA) is 46.1 Å². The van der Waals surface area contributed by atoms with E-state index in [4.69, 9.17) is 9.97 Å². The smallest absolute Gasteiger partial charge is 0.258 e. The molecule has 1 amide bonds. The summed E-state index contributed by atoms with van der Waals surface area (Å²) in [6.07, 6.45) is 3.68. The Morgan fingerprint density at radius 2 is 1.64 bits per heavy atom.